The molecule has 0 aromatic heterocycles. The highest BCUT2D eigenvalue weighted by atomic mass is 14.2. The van der Waals surface area contributed by atoms with Gasteiger partial charge in [0.15, 0.2) is 0 Å². The molecule has 0 bridgehead atoms. The summed E-state index contributed by atoms with van der Waals surface area (Å²) in [6, 6.07) is 0. The van der Waals surface area contributed by atoms with Gasteiger partial charge in [-0.3, -0.25) is 0 Å². The molecule has 1 aliphatic carbocycles. The molecule has 0 N–H and O–H groups in total. The van der Waals surface area contributed by atoms with Crippen molar-refractivity contribution in [2.24, 2.45) is 5.92 Å². The largest absolute Gasteiger partial charge is 0.0885 e. The smallest absolute Gasteiger partial charge is 0.0244 e. The molecule has 69 valence electrons. The lowest BCUT2D eigenvalue weighted by Crippen LogP contribution is -2.09. The van der Waals surface area contributed by atoms with E-state index in [1.807, 2.05) is 0 Å². The van der Waals surface area contributed by atoms with Crippen LogP contribution in [0.1, 0.15) is 52.4 Å². The average molecular weight is 165 g/mol. The van der Waals surface area contributed by atoms with Crippen LogP contribution in [0.4, 0.5) is 0 Å². The number of hydrogen-bond acceptors (Lipinski definition) is 0. The molecule has 0 saturated heterocycles. The Kier molecular flexibility index (Phi) is 4.42. The van der Waals surface area contributed by atoms with Gasteiger partial charge in [-0.05, 0) is 50.4 Å². The molecule has 0 fully saturated rings. The average Bonchev–Trinajstić information content (AvgIpc) is 2.02. The molecule has 0 amide bonds. The van der Waals surface area contributed by atoms with Gasteiger partial charge in [-0.15, -0.1) is 0 Å². The number of hydrogen-bond donors (Lipinski definition) is 0. The van der Waals surface area contributed by atoms with Gasteiger partial charge in [0.2, 0.25) is 0 Å². The lowest BCUT2D eigenvalue weighted by molar-refractivity contribution is 0.436. The first-order valence-corrected chi connectivity index (χ1v) is 5.32. The minimum absolute atomic E-state index is 0.917. The topological polar surface area (TPSA) is 0 Å². The molecule has 0 aromatic rings. The highest BCUT2D eigenvalue weighted by Gasteiger charge is 2.15. The van der Waals surface area contributed by atoms with Crippen LogP contribution in [0.5, 0.6) is 0 Å². The first kappa shape index (κ1) is 9.83. The third-order valence-corrected chi connectivity index (χ3v) is 3.03. The van der Waals surface area contributed by atoms with Gasteiger partial charge in [-0.2, -0.15) is 0 Å². The standard InChI is InChI=1S/C12H21/c1-3-11(2)12-9-7-5-4-6-8-10-12/h4-5,12H,3,6-10H2,1-2H3/b5-4-. The van der Waals surface area contributed by atoms with E-state index in [2.05, 4.69) is 26.0 Å². The fraction of sp³-hybridized carbons (Fsp3) is 0.750. The second-order valence-corrected chi connectivity index (χ2v) is 3.88. The van der Waals surface area contributed by atoms with Crippen LogP contribution in [0, 0.1) is 11.8 Å². The van der Waals surface area contributed by atoms with E-state index in [0.717, 1.165) is 5.92 Å². The predicted molar refractivity (Wildman–Crippen MR) is 54.9 cm³/mol. The van der Waals surface area contributed by atoms with Crippen LogP contribution in [0.25, 0.3) is 0 Å². The van der Waals surface area contributed by atoms with E-state index in [1.165, 1.54) is 38.5 Å². The quantitative estimate of drug-likeness (QED) is 0.540. The van der Waals surface area contributed by atoms with Crippen LogP contribution in [0.15, 0.2) is 12.2 Å². The van der Waals surface area contributed by atoms with E-state index in [4.69, 9.17) is 0 Å². The zero-order chi connectivity index (χ0) is 8.81. The molecule has 1 rings (SSSR count). The van der Waals surface area contributed by atoms with Crippen molar-refractivity contribution in [3.8, 4) is 0 Å². The van der Waals surface area contributed by atoms with E-state index >= 15 is 0 Å². The van der Waals surface area contributed by atoms with Gasteiger partial charge >= 0.3 is 0 Å². The first-order chi connectivity index (χ1) is 5.84. The molecule has 0 aromatic carbocycles. The minimum Gasteiger partial charge on any atom is -0.0885 e. The predicted octanol–water partition coefficient (Wildman–Crippen LogP) is 4.13. The summed E-state index contributed by atoms with van der Waals surface area (Å²) in [5.41, 5.74) is 0. The van der Waals surface area contributed by atoms with Crippen LogP contribution in [-0.4, -0.2) is 0 Å². The molecule has 0 spiro atoms. The monoisotopic (exact) mass is 165 g/mol. The summed E-state index contributed by atoms with van der Waals surface area (Å²) in [6.07, 6.45) is 12.8. The molecule has 0 heterocycles. The lowest BCUT2D eigenvalue weighted by atomic mass is 9.83. The van der Waals surface area contributed by atoms with Crippen LogP contribution >= 0.6 is 0 Å². The maximum Gasteiger partial charge on any atom is -0.0244 e. The van der Waals surface area contributed by atoms with Crippen molar-refractivity contribution in [2.45, 2.75) is 52.4 Å². The first-order valence-electron chi connectivity index (χ1n) is 5.32. The molecule has 1 atom stereocenters. The Hall–Kier alpha value is -0.260. The third kappa shape index (κ3) is 3.00. The maximum absolute atomic E-state index is 2.36. The minimum atomic E-state index is 0.917. The van der Waals surface area contributed by atoms with E-state index in [9.17, 15) is 0 Å². The Morgan fingerprint density at radius 2 is 2.00 bits per heavy atom. The van der Waals surface area contributed by atoms with Gasteiger partial charge in [0.05, 0.1) is 0 Å². The van der Waals surface area contributed by atoms with E-state index in [-0.39, 0.29) is 0 Å². The van der Waals surface area contributed by atoms with E-state index in [0.29, 0.717) is 0 Å². The van der Waals surface area contributed by atoms with Crippen molar-refractivity contribution >= 4 is 0 Å². The molecule has 0 nitrogen and oxygen atoms in total. The Balaban J connectivity index is 2.36. The second-order valence-electron chi connectivity index (χ2n) is 3.88. The third-order valence-electron chi connectivity index (χ3n) is 3.03. The van der Waals surface area contributed by atoms with Crippen LogP contribution in [0.3, 0.4) is 0 Å². The van der Waals surface area contributed by atoms with Crippen molar-refractivity contribution in [3.63, 3.8) is 0 Å². The van der Waals surface area contributed by atoms with Crippen molar-refractivity contribution in [2.75, 3.05) is 0 Å². The summed E-state index contributed by atoms with van der Waals surface area (Å²) in [4.78, 5) is 0. The molecule has 0 heteroatoms. The molecule has 0 aliphatic heterocycles. The Labute approximate surface area is 77.1 Å². The number of rotatable bonds is 2. The highest BCUT2D eigenvalue weighted by Crippen LogP contribution is 2.28. The van der Waals surface area contributed by atoms with Crippen LogP contribution < -0.4 is 0 Å². The molecular weight excluding hydrogens is 144 g/mol. The maximum atomic E-state index is 2.36. The molecular formula is C12H21. The van der Waals surface area contributed by atoms with E-state index < -0.39 is 0 Å². The van der Waals surface area contributed by atoms with Gasteiger partial charge in [0.25, 0.3) is 0 Å². The van der Waals surface area contributed by atoms with Crippen molar-refractivity contribution in [1.29, 1.82) is 0 Å². The van der Waals surface area contributed by atoms with E-state index in [1.54, 1.807) is 5.92 Å². The summed E-state index contributed by atoms with van der Waals surface area (Å²) < 4.78 is 0. The zero-order valence-corrected chi connectivity index (χ0v) is 8.47. The molecule has 1 aliphatic rings. The van der Waals surface area contributed by atoms with Crippen molar-refractivity contribution in [3.05, 3.63) is 18.1 Å². The van der Waals surface area contributed by atoms with Crippen LogP contribution in [0.2, 0.25) is 0 Å². The van der Waals surface area contributed by atoms with Crippen molar-refractivity contribution < 1.29 is 0 Å². The molecule has 1 radical (unpaired) electrons. The molecule has 1 unspecified atom stereocenters. The van der Waals surface area contributed by atoms with Crippen LogP contribution in [-0.2, 0) is 0 Å². The zero-order valence-electron chi connectivity index (χ0n) is 8.47. The molecule has 12 heavy (non-hydrogen) atoms. The Morgan fingerprint density at radius 3 is 2.75 bits per heavy atom. The van der Waals surface area contributed by atoms with Crippen molar-refractivity contribution in [1.82, 2.24) is 0 Å². The van der Waals surface area contributed by atoms with Gasteiger partial charge in [0.1, 0.15) is 0 Å². The fourth-order valence-corrected chi connectivity index (χ4v) is 1.94. The molecule has 0 saturated carbocycles. The second kappa shape index (κ2) is 5.40. The number of allylic oxidation sites excluding steroid dienone is 2. The summed E-state index contributed by atoms with van der Waals surface area (Å²) in [7, 11) is 0. The van der Waals surface area contributed by atoms with Gasteiger partial charge < -0.3 is 0 Å². The van der Waals surface area contributed by atoms with Gasteiger partial charge in [-0.25, -0.2) is 0 Å². The SMILES string of the molecule is CC[C](C)C1CC/C=C\CCC1. The highest BCUT2D eigenvalue weighted by molar-refractivity contribution is 4.94. The Bertz CT molecular complexity index is 135. The van der Waals surface area contributed by atoms with Gasteiger partial charge in [0, 0.05) is 0 Å². The van der Waals surface area contributed by atoms with Gasteiger partial charge in [-0.1, -0.05) is 26.0 Å². The summed E-state index contributed by atoms with van der Waals surface area (Å²) in [5.74, 6) is 2.63. The summed E-state index contributed by atoms with van der Waals surface area (Å²) >= 11 is 0. The normalized spacial score (nSPS) is 28.1. The lowest BCUT2D eigenvalue weighted by Gasteiger charge is -2.22. The fourth-order valence-electron chi connectivity index (χ4n) is 1.94. The Morgan fingerprint density at radius 1 is 1.25 bits per heavy atom. The summed E-state index contributed by atoms with van der Waals surface area (Å²) in [5, 5.41) is 0. The summed E-state index contributed by atoms with van der Waals surface area (Å²) in [6.45, 7) is 4.61.